The largest absolute Gasteiger partial charge is 0.493 e. The lowest BCUT2D eigenvalue weighted by Gasteiger charge is -2.15. The fraction of sp³-hybridized carbons (Fsp3) is 0.571. The molecule has 94 valence electrons. The third-order valence-corrected chi connectivity index (χ3v) is 3.27. The Bertz CT molecular complexity index is 374. The van der Waals surface area contributed by atoms with E-state index in [2.05, 4.69) is 24.4 Å². The average molecular weight is 235 g/mol. The number of methoxy groups -OCH3 is 2. The minimum Gasteiger partial charge on any atom is -0.493 e. The van der Waals surface area contributed by atoms with Crippen LogP contribution in [0.2, 0.25) is 0 Å². The monoisotopic (exact) mass is 235 g/mol. The van der Waals surface area contributed by atoms with Gasteiger partial charge in [-0.1, -0.05) is 13.0 Å². The summed E-state index contributed by atoms with van der Waals surface area (Å²) in [5.41, 5.74) is 1.29. The molecule has 0 aliphatic heterocycles. The van der Waals surface area contributed by atoms with Gasteiger partial charge < -0.3 is 14.8 Å². The molecule has 1 unspecified atom stereocenters. The van der Waals surface area contributed by atoms with Crippen LogP contribution >= 0.6 is 0 Å². The minimum atomic E-state index is 0.496. The molecule has 1 aromatic rings. The molecule has 0 bridgehead atoms. The van der Waals surface area contributed by atoms with E-state index in [1.165, 1.54) is 18.4 Å². The van der Waals surface area contributed by atoms with Gasteiger partial charge in [-0.05, 0) is 36.5 Å². The third kappa shape index (κ3) is 3.13. The summed E-state index contributed by atoms with van der Waals surface area (Å²) in [6.45, 7) is 3.26. The second kappa shape index (κ2) is 5.41. The Hall–Kier alpha value is -1.22. The smallest absolute Gasteiger partial charge is 0.160 e. The molecule has 2 rings (SSSR count). The molecule has 1 atom stereocenters. The van der Waals surface area contributed by atoms with Gasteiger partial charge in [0.05, 0.1) is 14.2 Å². The van der Waals surface area contributed by atoms with E-state index in [9.17, 15) is 0 Å². The summed E-state index contributed by atoms with van der Waals surface area (Å²) in [5.74, 6) is 2.09. The number of nitrogens with one attached hydrogen (secondary N) is 1. The second-order valence-electron chi connectivity index (χ2n) is 4.70. The molecule has 0 amide bonds. The number of hydrogen-bond donors (Lipinski definition) is 1. The molecule has 1 fully saturated rings. The summed E-state index contributed by atoms with van der Waals surface area (Å²) in [6.07, 6.45) is 2.66. The van der Waals surface area contributed by atoms with Gasteiger partial charge >= 0.3 is 0 Å². The highest BCUT2D eigenvalue weighted by atomic mass is 16.5. The van der Waals surface area contributed by atoms with Crippen LogP contribution in [0.3, 0.4) is 0 Å². The Morgan fingerprint density at radius 3 is 2.53 bits per heavy atom. The lowest BCUT2D eigenvalue weighted by Crippen LogP contribution is -2.22. The number of rotatable bonds is 6. The van der Waals surface area contributed by atoms with Gasteiger partial charge in [0.15, 0.2) is 11.5 Å². The van der Waals surface area contributed by atoms with Crippen LogP contribution in [0.15, 0.2) is 18.2 Å². The van der Waals surface area contributed by atoms with Crippen molar-refractivity contribution in [2.24, 2.45) is 0 Å². The molecule has 0 radical (unpaired) electrons. The molecule has 1 aliphatic rings. The molecule has 0 aromatic heterocycles. The van der Waals surface area contributed by atoms with Gasteiger partial charge in [0.1, 0.15) is 0 Å². The summed E-state index contributed by atoms with van der Waals surface area (Å²) >= 11 is 0. The molecule has 1 aliphatic carbocycles. The molecule has 0 saturated heterocycles. The molecule has 17 heavy (non-hydrogen) atoms. The van der Waals surface area contributed by atoms with E-state index in [-0.39, 0.29) is 0 Å². The van der Waals surface area contributed by atoms with Gasteiger partial charge in [-0.25, -0.2) is 0 Å². The molecular weight excluding hydrogens is 214 g/mol. The van der Waals surface area contributed by atoms with Crippen LogP contribution in [0.5, 0.6) is 11.5 Å². The maximum absolute atomic E-state index is 5.32. The molecule has 1 N–H and O–H groups in total. The molecule has 1 saturated carbocycles. The topological polar surface area (TPSA) is 30.5 Å². The van der Waals surface area contributed by atoms with Gasteiger partial charge in [-0.15, -0.1) is 0 Å². The van der Waals surface area contributed by atoms with Crippen molar-refractivity contribution in [2.75, 3.05) is 20.8 Å². The van der Waals surface area contributed by atoms with E-state index in [0.717, 1.165) is 24.1 Å². The maximum Gasteiger partial charge on any atom is 0.160 e. The Labute approximate surface area is 103 Å². The summed E-state index contributed by atoms with van der Waals surface area (Å²) in [6, 6.07) is 6.91. The highest BCUT2D eigenvalue weighted by molar-refractivity contribution is 5.43. The summed E-state index contributed by atoms with van der Waals surface area (Å²) in [7, 11) is 3.34. The minimum absolute atomic E-state index is 0.496. The van der Waals surface area contributed by atoms with Crippen LogP contribution in [-0.4, -0.2) is 26.8 Å². The first-order valence-electron chi connectivity index (χ1n) is 6.20. The molecule has 1 aromatic carbocycles. The molecule has 3 nitrogen and oxygen atoms in total. The van der Waals surface area contributed by atoms with Crippen molar-refractivity contribution < 1.29 is 9.47 Å². The van der Waals surface area contributed by atoms with Crippen LogP contribution in [0, 0.1) is 0 Å². The van der Waals surface area contributed by atoms with E-state index < -0.39 is 0 Å². The van der Waals surface area contributed by atoms with Gasteiger partial charge in [-0.3, -0.25) is 0 Å². The van der Waals surface area contributed by atoms with Crippen LogP contribution < -0.4 is 14.8 Å². The first kappa shape index (κ1) is 12.2. The van der Waals surface area contributed by atoms with Gasteiger partial charge in [0.25, 0.3) is 0 Å². The van der Waals surface area contributed by atoms with Gasteiger partial charge in [0, 0.05) is 12.6 Å². The standard InChI is InChI=1S/C14H21NO2/c1-10(9-15-12-5-6-12)11-4-7-13(16-2)14(8-11)17-3/h4,7-8,10,12,15H,5-6,9H2,1-3H3. The highest BCUT2D eigenvalue weighted by Crippen LogP contribution is 2.30. The lowest BCUT2D eigenvalue weighted by atomic mass is 10.0. The van der Waals surface area contributed by atoms with Crippen molar-refractivity contribution in [3.05, 3.63) is 23.8 Å². The number of hydrogen-bond acceptors (Lipinski definition) is 3. The van der Waals surface area contributed by atoms with Crippen molar-refractivity contribution in [2.45, 2.75) is 31.7 Å². The van der Waals surface area contributed by atoms with Crippen molar-refractivity contribution in [3.8, 4) is 11.5 Å². The second-order valence-corrected chi connectivity index (χ2v) is 4.70. The Kier molecular flexibility index (Phi) is 3.89. The lowest BCUT2D eigenvalue weighted by molar-refractivity contribution is 0.354. The van der Waals surface area contributed by atoms with E-state index in [0.29, 0.717) is 5.92 Å². The zero-order valence-electron chi connectivity index (χ0n) is 10.8. The van der Waals surface area contributed by atoms with Crippen molar-refractivity contribution in [1.82, 2.24) is 5.32 Å². The molecule has 0 heterocycles. The summed E-state index contributed by atoms with van der Waals surface area (Å²) in [4.78, 5) is 0. The van der Waals surface area contributed by atoms with Crippen molar-refractivity contribution >= 4 is 0 Å². The van der Waals surface area contributed by atoms with Crippen LogP contribution in [0.4, 0.5) is 0 Å². The Balaban J connectivity index is 2.02. The summed E-state index contributed by atoms with van der Waals surface area (Å²) in [5, 5.41) is 3.55. The average Bonchev–Trinajstić information content (AvgIpc) is 3.19. The molecule has 0 spiro atoms. The Morgan fingerprint density at radius 1 is 1.24 bits per heavy atom. The van der Waals surface area contributed by atoms with E-state index in [1.807, 2.05) is 6.07 Å². The van der Waals surface area contributed by atoms with Crippen molar-refractivity contribution in [3.63, 3.8) is 0 Å². The predicted molar refractivity (Wildman–Crippen MR) is 69.0 cm³/mol. The van der Waals surface area contributed by atoms with Crippen LogP contribution in [0.25, 0.3) is 0 Å². The quantitative estimate of drug-likeness (QED) is 0.822. The first-order valence-corrected chi connectivity index (χ1v) is 6.20. The predicted octanol–water partition coefficient (Wildman–Crippen LogP) is 2.56. The van der Waals surface area contributed by atoms with Gasteiger partial charge in [-0.2, -0.15) is 0 Å². The fourth-order valence-electron chi connectivity index (χ4n) is 1.91. The van der Waals surface area contributed by atoms with Crippen LogP contribution in [0.1, 0.15) is 31.2 Å². The van der Waals surface area contributed by atoms with Crippen LogP contribution in [-0.2, 0) is 0 Å². The number of benzene rings is 1. The fourth-order valence-corrected chi connectivity index (χ4v) is 1.91. The zero-order chi connectivity index (χ0) is 12.3. The molecular formula is C14H21NO2. The van der Waals surface area contributed by atoms with E-state index in [1.54, 1.807) is 14.2 Å². The maximum atomic E-state index is 5.32. The third-order valence-electron chi connectivity index (χ3n) is 3.27. The SMILES string of the molecule is COc1ccc(C(C)CNC2CC2)cc1OC. The Morgan fingerprint density at radius 2 is 1.94 bits per heavy atom. The number of ether oxygens (including phenoxy) is 2. The highest BCUT2D eigenvalue weighted by Gasteiger charge is 2.21. The first-order chi connectivity index (χ1) is 8.24. The van der Waals surface area contributed by atoms with E-state index in [4.69, 9.17) is 9.47 Å². The zero-order valence-corrected chi connectivity index (χ0v) is 10.8. The normalized spacial score (nSPS) is 16.6. The van der Waals surface area contributed by atoms with Crippen molar-refractivity contribution in [1.29, 1.82) is 0 Å². The molecule has 3 heteroatoms. The van der Waals surface area contributed by atoms with E-state index >= 15 is 0 Å². The summed E-state index contributed by atoms with van der Waals surface area (Å²) < 4.78 is 10.6. The van der Waals surface area contributed by atoms with Gasteiger partial charge in [0.2, 0.25) is 0 Å².